The van der Waals surface area contributed by atoms with Gasteiger partial charge >= 0.3 is 0 Å². The van der Waals surface area contributed by atoms with Crippen LogP contribution in [0, 0.1) is 0 Å². The Kier molecular flexibility index (Phi) is 7.25. The Morgan fingerprint density at radius 3 is 2.58 bits per heavy atom. The van der Waals surface area contributed by atoms with Gasteiger partial charge in [-0.2, -0.15) is 0 Å². The third kappa shape index (κ3) is 5.61. The Balaban J connectivity index is 2.11. The second kappa shape index (κ2) is 9.41. The van der Waals surface area contributed by atoms with E-state index < -0.39 is 0 Å². The Morgan fingerprint density at radius 1 is 1.15 bits per heavy atom. The van der Waals surface area contributed by atoms with E-state index in [2.05, 4.69) is 10.6 Å². The number of para-hydroxylation sites is 1. The van der Waals surface area contributed by atoms with E-state index in [-0.39, 0.29) is 17.9 Å². The number of carbonyl (C=O) groups is 2. The Hall–Kier alpha value is -2.30. The molecular formula is C20H20Cl2N2O2. The molecule has 0 bridgehead atoms. The molecule has 0 aliphatic carbocycles. The second-order valence-electron chi connectivity index (χ2n) is 5.82. The smallest absolute Gasteiger partial charge is 0.253 e. The zero-order valence-corrected chi connectivity index (χ0v) is 16.1. The molecule has 0 aliphatic heterocycles. The molecule has 0 fully saturated rings. The molecule has 0 spiro atoms. The highest BCUT2D eigenvalue weighted by Gasteiger charge is 2.13. The van der Waals surface area contributed by atoms with Gasteiger partial charge in [0, 0.05) is 22.2 Å². The van der Waals surface area contributed by atoms with Crippen molar-refractivity contribution in [3.05, 3.63) is 69.7 Å². The van der Waals surface area contributed by atoms with Crippen molar-refractivity contribution in [2.24, 2.45) is 0 Å². The molecule has 0 heterocycles. The third-order valence-corrected chi connectivity index (χ3v) is 4.36. The number of hydrogen-bond acceptors (Lipinski definition) is 2. The van der Waals surface area contributed by atoms with Crippen molar-refractivity contribution in [1.82, 2.24) is 5.32 Å². The number of carbonyl (C=O) groups excluding carboxylic acids is 2. The lowest BCUT2D eigenvalue weighted by Crippen LogP contribution is -2.32. The number of benzene rings is 2. The van der Waals surface area contributed by atoms with E-state index in [4.69, 9.17) is 23.2 Å². The first-order valence-electron chi connectivity index (χ1n) is 8.24. The van der Waals surface area contributed by atoms with Gasteiger partial charge in [0.2, 0.25) is 5.91 Å². The number of hydrogen-bond donors (Lipinski definition) is 2. The zero-order chi connectivity index (χ0) is 19.1. The van der Waals surface area contributed by atoms with Gasteiger partial charge in [-0.15, -0.1) is 0 Å². The molecule has 0 radical (unpaired) electrons. The summed E-state index contributed by atoms with van der Waals surface area (Å²) in [5.74, 6) is -0.584. The first kappa shape index (κ1) is 20.0. The molecule has 0 aromatic heterocycles. The van der Waals surface area contributed by atoms with Crippen molar-refractivity contribution >= 4 is 46.8 Å². The van der Waals surface area contributed by atoms with Crippen LogP contribution in [0.15, 0.2) is 48.5 Å². The predicted molar refractivity (Wildman–Crippen MR) is 108 cm³/mol. The van der Waals surface area contributed by atoms with Gasteiger partial charge in [-0.25, -0.2) is 0 Å². The first-order valence-corrected chi connectivity index (χ1v) is 9.00. The molecule has 136 valence electrons. The Labute approximate surface area is 163 Å². The van der Waals surface area contributed by atoms with E-state index in [1.54, 1.807) is 48.5 Å². The largest absolute Gasteiger partial charge is 0.350 e. The number of rotatable bonds is 6. The average Bonchev–Trinajstić information content (AvgIpc) is 2.61. The average molecular weight is 391 g/mol. The summed E-state index contributed by atoms with van der Waals surface area (Å²) in [7, 11) is 0. The van der Waals surface area contributed by atoms with Crippen LogP contribution in [0.4, 0.5) is 5.69 Å². The van der Waals surface area contributed by atoms with Gasteiger partial charge in [0.15, 0.2) is 0 Å². The quantitative estimate of drug-likeness (QED) is 0.668. The minimum Gasteiger partial charge on any atom is -0.350 e. The molecule has 0 saturated carbocycles. The van der Waals surface area contributed by atoms with Gasteiger partial charge < -0.3 is 10.6 Å². The van der Waals surface area contributed by atoms with Crippen LogP contribution in [0.2, 0.25) is 10.0 Å². The van der Waals surface area contributed by atoms with Gasteiger partial charge in [-0.3, -0.25) is 9.59 Å². The summed E-state index contributed by atoms with van der Waals surface area (Å²) in [6.07, 6.45) is 3.78. The Bertz CT molecular complexity index is 834. The highest BCUT2D eigenvalue weighted by molar-refractivity contribution is 6.35. The van der Waals surface area contributed by atoms with Crippen molar-refractivity contribution in [1.29, 1.82) is 0 Å². The molecule has 4 nitrogen and oxygen atoms in total. The van der Waals surface area contributed by atoms with E-state index in [0.717, 1.165) is 6.42 Å². The standard InChI is InChI=1S/C20H20Cl2N2O2/c1-3-13(2)23-20(26)16-6-4-5-7-18(16)24-19(25)11-9-14-8-10-15(21)12-17(14)22/h4-13H,3H2,1-2H3,(H,23,26)(H,24,25)/b11-9+/t13-/m1/s1. The van der Waals surface area contributed by atoms with Gasteiger partial charge in [-0.1, -0.05) is 48.3 Å². The molecule has 0 aliphatic rings. The van der Waals surface area contributed by atoms with Crippen molar-refractivity contribution < 1.29 is 9.59 Å². The molecule has 2 rings (SSSR count). The van der Waals surface area contributed by atoms with Crippen LogP contribution in [0.1, 0.15) is 36.2 Å². The summed E-state index contributed by atoms with van der Waals surface area (Å²) < 4.78 is 0. The minimum absolute atomic E-state index is 0.0539. The van der Waals surface area contributed by atoms with Crippen LogP contribution >= 0.6 is 23.2 Å². The number of anilines is 1. The van der Waals surface area contributed by atoms with E-state index in [9.17, 15) is 9.59 Å². The number of nitrogens with one attached hydrogen (secondary N) is 2. The fourth-order valence-corrected chi connectivity index (χ4v) is 2.64. The maximum absolute atomic E-state index is 12.4. The molecule has 26 heavy (non-hydrogen) atoms. The summed E-state index contributed by atoms with van der Waals surface area (Å²) in [5, 5.41) is 6.60. The molecule has 0 unspecified atom stereocenters. The predicted octanol–water partition coefficient (Wildman–Crippen LogP) is 5.17. The lowest BCUT2D eigenvalue weighted by atomic mass is 10.1. The molecule has 2 N–H and O–H groups in total. The van der Waals surface area contributed by atoms with E-state index in [1.165, 1.54) is 6.08 Å². The lowest BCUT2D eigenvalue weighted by molar-refractivity contribution is -0.111. The van der Waals surface area contributed by atoms with Gasteiger partial charge in [0.1, 0.15) is 0 Å². The van der Waals surface area contributed by atoms with Crippen LogP contribution < -0.4 is 10.6 Å². The fraction of sp³-hybridized carbons (Fsp3) is 0.200. The van der Waals surface area contributed by atoms with Gasteiger partial charge in [0.05, 0.1) is 11.3 Å². The van der Waals surface area contributed by atoms with Gasteiger partial charge in [0.25, 0.3) is 5.91 Å². The van der Waals surface area contributed by atoms with Crippen LogP contribution in [0.3, 0.4) is 0 Å². The summed E-state index contributed by atoms with van der Waals surface area (Å²) in [5.41, 5.74) is 1.54. The lowest BCUT2D eigenvalue weighted by Gasteiger charge is -2.14. The molecule has 2 aromatic carbocycles. The van der Waals surface area contributed by atoms with Crippen LogP contribution in [-0.2, 0) is 4.79 Å². The highest BCUT2D eigenvalue weighted by atomic mass is 35.5. The van der Waals surface area contributed by atoms with E-state index in [0.29, 0.717) is 26.9 Å². The maximum Gasteiger partial charge on any atom is 0.253 e. The monoisotopic (exact) mass is 390 g/mol. The fourth-order valence-electron chi connectivity index (χ4n) is 2.17. The third-order valence-electron chi connectivity index (χ3n) is 3.80. The highest BCUT2D eigenvalue weighted by Crippen LogP contribution is 2.22. The molecule has 1 atom stereocenters. The van der Waals surface area contributed by atoms with Crippen molar-refractivity contribution in [2.45, 2.75) is 26.3 Å². The molecule has 6 heteroatoms. The van der Waals surface area contributed by atoms with Crippen molar-refractivity contribution in [2.75, 3.05) is 5.32 Å². The van der Waals surface area contributed by atoms with Crippen molar-refractivity contribution in [3.8, 4) is 0 Å². The molecule has 2 amide bonds. The van der Waals surface area contributed by atoms with Crippen LogP contribution in [0.25, 0.3) is 6.08 Å². The Morgan fingerprint density at radius 2 is 1.88 bits per heavy atom. The topological polar surface area (TPSA) is 58.2 Å². The van der Waals surface area contributed by atoms with Crippen LogP contribution in [0.5, 0.6) is 0 Å². The van der Waals surface area contributed by atoms with E-state index >= 15 is 0 Å². The molecule has 2 aromatic rings. The van der Waals surface area contributed by atoms with E-state index in [1.807, 2.05) is 13.8 Å². The summed E-state index contributed by atoms with van der Waals surface area (Å²) in [6.45, 7) is 3.92. The van der Waals surface area contributed by atoms with Crippen LogP contribution in [-0.4, -0.2) is 17.9 Å². The summed E-state index contributed by atoms with van der Waals surface area (Å²) in [4.78, 5) is 24.6. The van der Waals surface area contributed by atoms with Gasteiger partial charge in [-0.05, 0) is 49.2 Å². The maximum atomic E-state index is 12.4. The van der Waals surface area contributed by atoms with Crippen molar-refractivity contribution in [3.63, 3.8) is 0 Å². The first-order chi connectivity index (χ1) is 12.4. The summed E-state index contributed by atoms with van der Waals surface area (Å²) >= 11 is 11.9. The SMILES string of the molecule is CC[C@@H](C)NC(=O)c1ccccc1NC(=O)/C=C/c1ccc(Cl)cc1Cl. The normalized spacial score (nSPS) is 12.0. The minimum atomic E-state index is -0.361. The second-order valence-corrected chi connectivity index (χ2v) is 6.66. The molecule has 0 saturated heterocycles. The number of halogens is 2. The summed E-state index contributed by atoms with van der Waals surface area (Å²) in [6, 6.07) is 12.0. The molecular weight excluding hydrogens is 371 g/mol. The zero-order valence-electron chi connectivity index (χ0n) is 14.6. The number of amides is 2.